The Balaban J connectivity index is 2.21. The smallest absolute Gasteiger partial charge is 0.250 e. The van der Waals surface area contributed by atoms with Crippen molar-refractivity contribution in [3.63, 3.8) is 0 Å². The number of hydrogen-bond acceptors (Lipinski definition) is 2. The SMILES string of the molecule is N=C(N)CCN1CCC(F)(F)CC1. The zero-order valence-corrected chi connectivity index (χ0v) is 7.52. The van der Waals surface area contributed by atoms with E-state index in [1.54, 1.807) is 0 Å². The molecule has 1 heterocycles. The molecule has 0 spiro atoms. The van der Waals surface area contributed by atoms with Crippen molar-refractivity contribution < 1.29 is 8.78 Å². The maximum atomic E-state index is 12.7. The average Bonchev–Trinajstić information content (AvgIpc) is 2.02. The summed E-state index contributed by atoms with van der Waals surface area (Å²) in [4.78, 5) is 1.93. The molecule has 0 aromatic rings. The molecular formula is C8H15F2N3. The highest BCUT2D eigenvalue weighted by atomic mass is 19.3. The summed E-state index contributed by atoms with van der Waals surface area (Å²) in [5.41, 5.74) is 5.17. The van der Waals surface area contributed by atoms with Crippen LogP contribution in [0.5, 0.6) is 0 Å². The lowest BCUT2D eigenvalue weighted by molar-refractivity contribution is -0.0545. The fraction of sp³-hybridized carbons (Fsp3) is 0.875. The predicted octanol–water partition coefficient (Wildman–Crippen LogP) is 1.04. The summed E-state index contributed by atoms with van der Waals surface area (Å²) >= 11 is 0. The minimum Gasteiger partial charge on any atom is -0.388 e. The van der Waals surface area contributed by atoms with Crippen molar-refractivity contribution in [3.05, 3.63) is 0 Å². The van der Waals surface area contributed by atoms with Crippen molar-refractivity contribution in [1.82, 2.24) is 4.90 Å². The second-order valence-electron chi connectivity index (χ2n) is 3.47. The molecule has 0 aliphatic carbocycles. The molecule has 5 heteroatoms. The Bertz CT molecular complexity index is 184. The molecule has 1 rings (SSSR count). The molecule has 3 nitrogen and oxygen atoms in total. The summed E-state index contributed by atoms with van der Waals surface area (Å²) < 4.78 is 25.4. The van der Waals surface area contributed by atoms with Crippen LogP contribution in [0.2, 0.25) is 0 Å². The van der Waals surface area contributed by atoms with Crippen LogP contribution in [0.4, 0.5) is 8.78 Å². The topological polar surface area (TPSA) is 53.1 Å². The van der Waals surface area contributed by atoms with E-state index in [0.29, 0.717) is 26.1 Å². The standard InChI is InChI=1S/C8H15F2N3/c9-8(10)2-5-13(6-3-8)4-1-7(11)12/h1-6H2,(H3,11,12). The summed E-state index contributed by atoms with van der Waals surface area (Å²) in [6.07, 6.45) is 0.349. The zero-order valence-electron chi connectivity index (χ0n) is 7.52. The Labute approximate surface area is 76.4 Å². The number of piperidine rings is 1. The molecule has 0 aromatic heterocycles. The minimum absolute atomic E-state index is 0.0646. The van der Waals surface area contributed by atoms with Crippen LogP contribution in [-0.4, -0.2) is 36.3 Å². The number of nitrogens with two attached hydrogens (primary N) is 1. The Kier molecular flexibility index (Phi) is 3.19. The number of halogens is 2. The second-order valence-corrected chi connectivity index (χ2v) is 3.47. The van der Waals surface area contributed by atoms with Crippen molar-refractivity contribution in [3.8, 4) is 0 Å². The van der Waals surface area contributed by atoms with Crippen molar-refractivity contribution >= 4 is 5.84 Å². The maximum absolute atomic E-state index is 12.7. The molecule has 76 valence electrons. The molecule has 13 heavy (non-hydrogen) atoms. The molecular weight excluding hydrogens is 176 g/mol. The van der Waals surface area contributed by atoms with Gasteiger partial charge in [-0.15, -0.1) is 0 Å². The largest absolute Gasteiger partial charge is 0.388 e. The lowest BCUT2D eigenvalue weighted by atomic mass is 10.1. The summed E-state index contributed by atoms with van der Waals surface area (Å²) in [5, 5.41) is 6.99. The normalized spacial score (nSPS) is 22.9. The monoisotopic (exact) mass is 191 g/mol. The van der Waals surface area contributed by atoms with Crippen molar-refractivity contribution in [1.29, 1.82) is 5.41 Å². The third kappa shape index (κ3) is 3.67. The number of likely N-dealkylation sites (tertiary alicyclic amines) is 1. The zero-order chi connectivity index (χ0) is 9.90. The van der Waals surface area contributed by atoms with Gasteiger partial charge in [-0.2, -0.15) is 0 Å². The molecule has 1 aliphatic heterocycles. The number of alkyl halides is 2. The van der Waals surface area contributed by atoms with Crippen LogP contribution >= 0.6 is 0 Å². The van der Waals surface area contributed by atoms with Gasteiger partial charge in [-0.3, -0.25) is 5.41 Å². The van der Waals surface area contributed by atoms with E-state index in [-0.39, 0.29) is 18.7 Å². The van der Waals surface area contributed by atoms with E-state index < -0.39 is 5.92 Å². The van der Waals surface area contributed by atoms with Crippen LogP contribution in [0.15, 0.2) is 0 Å². The first-order valence-corrected chi connectivity index (χ1v) is 4.43. The fourth-order valence-electron chi connectivity index (χ4n) is 1.38. The van der Waals surface area contributed by atoms with E-state index in [2.05, 4.69) is 0 Å². The fourth-order valence-corrected chi connectivity index (χ4v) is 1.38. The van der Waals surface area contributed by atoms with Gasteiger partial charge in [-0.05, 0) is 0 Å². The average molecular weight is 191 g/mol. The predicted molar refractivity (Wildman–Crippen MR) is 47.2 cm³/mol. The van der Waals surface area contributed by atoms with Gasteiger partial charge in [0.25, 0.3) is 5.92 Å². The van der Waals surface area contributed by atoms with Gasteiger partial charge in [0.15, 0.2) is 0 Å². The van der Waals surface area contributed by atoms with Crippen LogP contribution in [-0.2, 0) is 0 Å². The molecule has 1 aliphatic rings. The van der Waals surface area contributed by atoms with Gasteiger partial charge in [0.1, 0.15) is 0 Å². The summed E-state index contributed by atoms with van der Waals surface area (Å²) in [7, 11) is 0. The molecule has 1 fully saturated rings. The highest BCUT2D eigenvalue weighted by molar-refractivity contribution is 5.76. The van der Waals surface area contributed by atoms with Gasteiger partial charge in [-0.1, -0.05) is 0 Å². The van der Waals surface area contributed by atoms with Crippen LogP contribution in [0.1, 0.15) is 19.3 Å². The van der Waals surface area contributed by atoms with E-state index >= 15 is 0 Å². The highest BCUT2D eigenvalue weighted by Crippen LogP contribution is 2.27. The van der Waals surface area contributed by atoms with Gasteiger partial charge in [0.05, 0.1) is 5.84 Å². The van der Waals surface area contributed by atoms with E-state index in [1.165, 1.54) is 0 Å². The first-order chi connectivity index (χ1) is 5.99. The van der Waals surface area contributed by atoms with Gasteiger partial charge in [0.2, 0.25) is 0 Å². The number of nitrogens with zero attached hydrogens (tertiary/aromatic N) is 1. The second kappa shape index (κ2) is 4.00. The van der Waals surface area contributed by atoms with Gasteiger partial charge in [0, 0.05) is 38.9 Å². The van der Waals surface area contributed by atoms with E-state index in [1.807, 2.05) is 4.90 Å². The highest BCUT2D eigenvalue weighted by Gasteiger charge is 2.33. The minimum atomic E-state index is -2.48. The molecule has 0 saturated carbocycles. The maximum Gasteiger partial charge on any atom is 0.250 e. The Morgan fingerprint density at radius 2 is 1.92 bits per heavy atom. The van der Waals surface area contributed by atoms with Crippen LogP contribution < -0.4 is 5.73 Å². The molecule has 1 saturated heterocycles. The molecule has 0 bridgehead atoms. The summed E-state index contributed by atoms with van der Waals surface area (Å²) in [6, 6.07) is 0. The quantitative estimate of drug-likeness (QED) is 0.517. The van der Waals surface area contributed by atoms with Gasteiger partial charge in [-0.25, -0.2) is 8.78 Å². The van der Waals surface area contributed by atoms with Crippen molar-refractivity contribution in [2.75, 3.05) is 19.6 Å². The van der Waals surface area contributed by atoms with Crippen LogP contribution in [0.25, 0.3) is 0 Å². The van der Waals surface area contributed by atoms with E-state index in [4.69, 9.17) is 11.1 Å². The first kappa shape index (κ1) is 10.4. The lowest BCUT2D eigenvalue weighted by Gasteiger charge is -2.31. The van der Waals surface area contributed by atoms with E-state index in [0.717, 1.165) is 0 Å². The number of nitrogens with one attached hydrogen (secondary N) is 1. The van der Waals surface area contributed by atoms with Gasteiger partial charge >= 0.3 is 0 Å². The molecule has 0 radical (unpaired) electrons. The molecule has 0 atom stereocenters. The van der Waals surface area contributed by atoms with Crippen molar-refractivity contribution in [2.24, 2.45) is 5.73 Å². The molecule has 0 amide bonds. The Morgan fingerprint density at radius 3 is 2.38 bits per heavy atom. The summed E-state index contributed by atoms with van der Waals surface area (Å²) in [5.74, 6) is -2.36. The number of hydrogen-bond donors (Lipinski definition) is 2. The van der Waals surface area contributed by atoms with E-state index in [9.17, 15) is 8.78 Å². The summed E-state index contributed by atoms with van der Waals surface area (Å²) in [6.45, 7) is 1.46. The Hall–Kier alpha value is -0.710. The van der Waals surface area contributed by atoms with Crippen molar-refractivity contribution in [2.45, 2.75) is 25.2 Å². The lowest BCUT2D eigenvalue weighted by Crippen LogP contribution is -2.40. The van der Waals surface area contributed by atoms with Crippen LogP contribution in [0.3, 0.4) is 0 Å². The number of rotatable bonds is 3. The van der Waals surface area contributed by atoms with Gasteiger partial charge < -0.3 is 10.6 Å². The molecule has 0 unspecified atom stereocenters. The molecule has 3 N–H and O–H groups in total. The third-order valence-electron chi connectivity index (χ3n) is 2.28. The van der Waals surface area contributed by atoms with Crippen LogP contribution in [0, 0.1) is 5.41 Å². The number of amidine groups is 1. The third-order valence-corrected chi connectivity index (χ3v) is 2.28. The Morgan fingerprint density at radius 1 is 1.38 bits per heavy atom. The molecule has 0 aromatic carbocycles. The first-order valence-electron chi connectivity index (χ1n) is 4.43.